The zero-order valence-electron chi connectivity index (χ0n) is 12.8. The maximum atomic E-state index is 5.46. The molecule has 1 unspecified atom stereocenters. The first-order valence-corrected chi connectivity index (χ1v) is 7.57. The van der Waals surface area contributed by atoms with Crippen molar-refractivity contribution in [2.75, 3.05) is 6.79 Å². The maximum absolute atomic E-state index is 5.46. The average Bonchev–Trinajstić information content (AvgIpc) is 3.11. The number of H-pyrrole nitrogens is 1. The molecule has 1 N–H and O–H groups in total. The van der Waals surface area contributed by atoms with E-state index < -0.39 is 0 Å². The fourth-order valence-electron chi connectivity index (χ4n) is 2.95. The fourth-order valence-corrected chi connectivity index (χ4v) is 2.95. The summed E-state index contributed by atoms with van der Waals surface area (Å²) in [5, 5.41) is 4.69. The van der Waals surface area contributed by atoms with Crippen molar-refractivity contribution < 1.29 is 14.2 Å². The Kier molecular flexibility index (Phi) is 3.03. The number of ether oxygens (including phenoxy) is 2. The van der Waals surface area contributed by atoms with E-state index in [0.717, 1.165) is 18.0 Å². The van der Waals surface area contributed by atoms with Gasteiger partial charge in [-0.3, -0.25) is 0 Å². The Morgan fingerprint density at radius 1 is 1.14 bits per heavy atom. The Labute approximate surface area is 129 Å². The number of hydrogen-bond donors (Lipinski definition) is 1. The molecular formula is C18H19N2O2+. The van der Waals surface area contributed by atoms with Gasteiger partial charge in [-0.05, 0) is 42.3 Å². The first kappa shape index (κ1) is 13.2. The molecule has 1 atom stereocenters. The van der Waals surface area contributed by atoms with E-state index >= 15 is 0 Å². The minimum atomic E-state index is 0.323. The van der Waals surface area contributed by atoms with Gasteiger partial charge in [0.15, 0.2) is 18.0 Å². The van der Waals surface area contributed by atoms with E-state index in [2.05, 4.69) is 60.2 Å². The zero-order valence-corrected chi connectivity index (χ0v) is 12.8. The second-order valence-corrected chi connectivity index (χ2v) is 6.00. The quantitative estimate of drug-likeness (QED) is 0.753. The Morgan fingerprint density at radius 2 is 2.00 bits per heavy atom. The highest BCUT2D eigenvalue weighted by atomic mass is 16.7. The topological polar surface area (TPSA) is 38.1 Å². The summed E-state index contributed by atoms with van der Waals surface area (Å²) in [6, 6.07) is 12.7. The largest absolute Gasteiger partial charge is 0.454 e. The first-order valence-electron chi connectivity index (χ1n) is 7.57. The maximum Gasteiger partial charge on any atom is 0.231 e. The van der Waals surface area contributed by atoms with Crippen LogP contribution < -0.4 is 14.2 Å². The first-order chi connectivity index (χ1) is 10.7. The van der Waals surface area contributed by atoms with Gasteiger partial charge < -0.3 is 9.47 Å². The molecule has 0 saturated heterocycles. The second kappa shape index (κ2) is 5.05. The third-order valence-electron chi connectivity index (χ3n) is 4.20. The van der Waals surface area contributed by atoms with E-state index in [1.165, 1.54) is 22.0 Å². The number of hydrogen-bond acceptors (Lipinski definition) is 2. The fraction of sp³-hybridized carbons (Fsp3) is 0.278. The molecule has 0 aliphatic carbocycles. The number of benzene rings is 2. The van der Waals surface area contributed by atoms with Gasteiger partial charge in [0, 0.05) is 5.92 Å². The third kappa shape index (κ3) is 2.30. The van der Waals surface area contributed by atoms with Crippen molar-refractivity contribution in [2.24, 2.45) is 0 Å². The van der Waals surface area contributed by atoms with E-state index in [4.69, 9.17) is 9.47 Å². The van der Waals surface area contributed by atoms with Gasteiger partial charge in [-0.25, -0.2) is 0 Å². The Bertz CT molecular complexity index is 838. The van der Waals surface area contributed by atoms with Gasteiger partial charge in [0.1, 0.15) is 5.52 Å². The minimum Gasteiger partial charge on any atom is -0.454 e. The van der Waals surface area contributed by atoms with E-state index in [-0.39, 0.29) is 0 Å². The number of aromatic amines is 1. The number of rotatable bonds is 3. The van der Waals surface area contributed by atoms with E-state index in [0.29, 0.717) is 12.7 Å². The lowest BCUT2D eigenvalue weighted by Crippen LogP contribution is -2.37. The molecule has 4 rings (SSSR count). The van der Waals surface area contributed by atoms with Crippen LogP contribution in [0, 0.1) is 6.92 Å². The minimum absolute atomic E-state index is 0.323. The molecule has 0 bridgehead atoms. The number of nitrogens with zero attached hydrogens (tertiary/aromatic N) is 1. The van der Waals surface area contributed by atoms with E-state index in [1.807, 2.05) is 6.07 Å². The summed E-state index contributed by atoms with van der Waals surface area (Å²) in [6.07, 6.45) is 2.16. The average molecular weight is 295 g/mol. The number of aryl methyl sites for hydroxylation is 1. The van der Waals surface area contributed by atoms with Crippen molar-refractivity contribution in [2.45, 2.75) is 26.3 Å². The van der Waals surface area contributed by atoms with Gasteiger partial charge in [0.2, 0.25) is 13.0 Å². The number of nitrogens with one attached hydrogen (secondary N) is 1. The number of fused-ring (bicyclic) bond motifs is 2. The lowest BCUT2D eigenvalue weighted by molar-refractivity contribution is -0.750. The van der Waals surface area contributed by atoms with Crippen LogP contribution in [-0.2, 0) is 6.54 Å². The van der Waals surface area contributed by atoms with Crippen molar-refractivity contribution in [3.05, 3.63) is 53.7 Å². The van der Waals surface area contributed by atoms with Crippen LogP contribution in [0.3, 0.4) is 0 Å². The van der Waals surface area contributed by atoms with Crippen LogP contribution in [0.1, 0.15) is 24.0 Å². The molecule has 2 aromatic carbocycles. The molecule has 0 radical (unpaired) electrons. The Hall–Kier alpha value is -2.49. The molecule has 1 aliphatic heterocycles. The van der Waals surface area contributed by atoms with Crippen molar-refractivity contribution >= 4 is 10.9 Å². The summed E-state index contributed by atoms with van der Waals surface area (Å²) in [6.45, 7) is 5.55. The molecule has 4 nitrogen and oxygen atoms in total. The molecule has 0 amide bonds. The summed E-state index contributed by atoms with van der Waals surface area (Å²) < 4.78 is 13.0. The van der Waals surface area contributed by atoms with Crippen LogP contribution in [0.5, 0.6) is 11.5 Å². The van der Waals surface area contributed by atoms with Gasteiger partial charge in [0.05, 0.1) is 5.39 Å². The van der Waals surface area contributed by atoms with E-state index in [1.54, 1.807) is 0 Å². The van der Waals surface area contributed by atoms with Crippen LogP contribution in [-0.4, -0.2) is 11.9 Å². The summed E-state index contributed by atoms with van der Waals surface area (Å²) in [5.41, 5.74) is 3.70. The highest BCUT2D eigenvalue weighted by Crippen LogP contribution is 2.34. The third-order valence-corrected chi connectivity index (χ3v) is 4.20. The van der Waals surface area contributed by atoms with Crippen LogP contribution in [0.25, 0.3) is 10.9 Å². The van der Waals surface area contributed by atoms with Gasteiger partial charge >= 0.3 is 0 Å². The van der Waals surface area contributed by atoms with Crippen molar-refractivity contribution in [3.63, 3.8) is 0 Å². The zero-order chi connectivity index (χ0) is 15.1. The normalized spacial score (nSPS) is 14.5. The lowest BCUT2D eigenvalue weighted by Gasteiger charge is -2.08. The molecule has 22 heavy (non-hydrogen) atoms. The van der Waals surface area contributed by atoms with Crippen molar-refractivity contribution in [3.8, 4) is 11.5 Å². The van der Waals surface area contributed by atoms with Crippen LogP contribution in [0.15, 0.2) is 42.6 Å². The Balaban J connectivity index is 1.58. The highest BCUT2D eigenvalue weighted by Gasteiger charge is 2.19. The molecule has 1 aliphatic rings. The standard InChI is InChI=1S/C18H18N2O2/c1-12-3-4-15-10-20(19-16(15)7-12)9-13(2)14-5-6-17-18(8-14)22-11-21-17/h3-8,10,13H,9,11H2,1-2H3/p+1. The highest BCUT2D eigenvalue weighted by molar-refractivity contribution is 5.77. The lowest BCUT2D eigenvalue weighted by atomic mass is 10.0. The SMILES string of the molecule is Cc1ccc2c[n+](CC(C)c3ccc4c(c3)OCO4)[nH]c2c1. The molecule has 0 spiro atoms. The van der Waals surface area contributed by atoms with Gasteiger partial charge in [0.25, 0.3) is 0 Å². The molecule has 0 saturated carbocycles. The summed E-state index contributed by atoms with van der Waals surface area (Å²) in [5.74, 6) is 2.07. The molecule has 3 aromatic rings. The summed E-state index contributed by atoms with van der Waals surface area (Å²) >= 11 is 0. The van der Waals surface area contributed by atoms with Crippen LogP contribution >= 0.6 is 0 Å². The monoisotopic (exact) mass is 295 g/mol. The molecule has 4 heteroatoms. The molecule has 112 valence electrons. The predicted molar refractivity (Wildman–Crippen MR) is 84.2 cm³/mol. The molecule has 2 heterocycles. The van der Waals surface area contributed by atoms with Gasteiger partial charge in [-0.2, -0.15) is 5.10 Å². The van der Waals surface area contributed by atoms with Crippen LogP contribution in [0.4, 0.5) is 0 Å². The Morgan fingerprint density at radius 3 is 2.91 bits per heavy atom. The smallest absolute Gasteiger partial charge is 0.231 e. The molecule has 0 fully saturated rings. The number of aromatic nitrogens is 2. The van der Waals surface area contributed by atoms with Crippen molar-refractivity contribution in [1.82, 2.24) is 5.10 Å². The van der Waals surface area contributed by atoms with Crippen molar-refractivity contribution in [1.29, 1.82) is 0 Å². The predicted octanol–water partition coefficient (Wildman–Crippen LogP) is 3.30. The molecule has 1 aromatic heterocycles. The van der Waals surface area contributed by atoms with Crippen LogP contribution in [0.2, 0.25) is 0 Å². The second-order valence-electron chi connectivity index (χ2n) is 6.00. The van der Waals surface area contributed by atoms with Gasteiger partial charge in [-0.15, -0.1) is 4.68 Å². The summed E-state index contributed by atoms with van der Waals surface area (Å²) in [4.78, 5) is 0. The van der Waals surface area contributed by atoms with E-state index in [9.17, 15) is 0 Å². The van der Waals surface area contributed by atoms with Gasteiger partial charge in [-0.1, -0.05) is 19.1 Å². The molecular weight excluding hydrogens is 276 g/mol. The summed E-state index contributed by atoms with van der Waals surface area (Å²) in [7, 11) is 0.